The Morgan fingerprint density at radius 1 is 1.29 bits per heavy atom. The number of fused-ring (bicyclic) bond motifs is 1. The van der Waals surface area contributed by atoms with Gasteiger partial charge in [0.1, 0.15) is 13.2 Å². The van der Waals surface area contributed by atoms with Crippen molar-refractivity contribution in [2.75, 3.05) is 13.2 Å². The zero-order valence-electron chi connectivity index (χ0n) is 9.44. The van der Waals surface area contributed by atoms with Crippen molar-refractivity contribution in [1.82, 2.24) is 0 Å². The molecule has 1 aromatic carbocycles. The van der Waals surface area contributed by atoms with Crippen molar-refractivity contribution in [2.45, 2.75) is 19.3 Å². The maximum atomic E-state index is 11.2. The second kappa shape index (κ2) is 3.65. The highest BCUT2D eigenvalue weighted by Crippen LogP contribution is 2.50. The van der Waals surface area contributed by atoms with Gasteiger partial charge in [0.15, 0.2) is 11.5 Å². The van der Waals surface area contributed by atoms with Crippen LogP contribution in [0.5, 0.6) is 11.5 Å². The largest absolute Gasteiger partial charge is 0.486 e. The minimum absolute atomic E-state index is 0.532. The Labute approximate surface area is 99.2 Å². The summed E-state index contributed by atoms with van der Waals surface area (Å²) in [7, 11) is 0. The number of carboxylic acids is 1. The fraction of sp³-hybridized carbons (Fsp3) is 0.462. The summed E-state index contributed by atoms with van der Waals surface area (Å²) in [6.45, 7) is 1.09. The van der Waals surface area contributed by atoms with Crippen molar-refractivity contribution in [3.05, 3.63) is 23.8 Å². The predicted octanol–water partition coefficient (Wildman–Crippen LogP) is 1.87. The van der Waals surface area contributed by atoms with Gasteiger partial charge in [0.25, 0.3) is 0 Å². The smallest absolute Gasteiger partial charge is 0.309 e. The zero-order valence-corrected chi connectivity index (χ0v) is 9.44. The summed E-state index contributed by atoms with van der Waals surface area (Å²) in [4.78, 5) is 11.2. The minimum Gasteiger partial charge on any atom is -0.486 e. The molecule has 0 amide bonds. The first-order valence-corrected chi connectivity index (χ1v) is 5.82. The molecule has 4 nitrogen and oxygen atoms in total. The van der Waals surface area contributed by atoms with Crippen LogP contribution in [-0.2, 0) is 11.2 Å². The Morgan fingerprint density at radius 2 is 2.06 bits per heavy atom. The molecule has 1 saturated carbocycles. The van der Waals surface area contributed by atoms with Gasteiger partial charge in [-0.2, -0.15) is 0 Å². The van der Waals surface area contributed by atoms with E-state index in [9.17, 15) is 9.90 Å². The highest BCUT2D eigenvalue weighted by atomic mass is 16.6. The first kappa shape index (κ1) is 10.4. The van der Waals surface area contributed by atoms with Gasteiger partial charge in [-0.3, -0.25) is 4.79 Å². The van der Waals surface area contributed by atoms with E-state index in [1.165, 1.54) is 0 Å². The van der Waals surface area contributed by atoms with E-state index in [2.05, 4.69) is 0 Å². The molecular formula is C13H14O4. The Morgan fingerprint density at radius 3 is 2.76 bits per heavy atom. The molecule has 0 saturated heterocycles. The number of rotatable bonds is 3. The number of carboxylic acid groups (broad SMARTS) is 1. The fourth-order valence-corrected chi connectivity index (χ4v) is 2.26. The molecule has 0 aromatic heterocycles. The third-order valence-corrected chi connectivity index (χ3v) is 3.48. The van der Waals surface area contributed by atoms with Crippen LogP contribution in [0.2, 0.25) is 0 Å². The van der Waals surface area contributed by atoms with Crippen molar-refractivity contribution in [2.24, 2.45) is 5.41 Å². The van der Waals surface area contributed by atoms with Crippen LogP contribution in [0.3, 0.4) is 0 Å². The molecule has 1 N–H and O–H groups in total. The van der Waals surface area contributed by atoms with Crippen molar-refractivity contribution >= 4 is 5.97 Å². The molecule has 17 heavy (non-hydrogen) atoms. The van der Waals surface area contributed by atoms with Gasteiger partial charge in [-0.15, -0.1) is 0 Å². The predicted molar refractivity (Wildman–Crippen MR) is 60.4 cm³/mol. The van der Waals surface area contributed by atoms with E-state index in [0.717, 1.165) is 29.9 Å². The van der Waals surface area contributed by atoms with Crippen LogP contribution in [0.1, 0.15) is 18.4 Å². The highest BCUT2D eigenvalue weighted by molar-refractivity contribution is 5.78. The molecule has 1 aliphatic heterocycles. The van der Waals surface area contributed by atoms with Crippen LogP contribution in [0.4, 0.5) is 0 Å². The third-order valence-electron chi connectivity index (χ3n) is 3.48. The molecule has 4 heteroatoms. The molecule has 0 atom stereocenters. The molecule has 0 bridgehead atoms. The number of ether oxygens (including phenoxy) is 2. The summed E-state index contributed by atoms with van der Waals surface area (Å²) in [5.41, 5.74) is 0.387. The Kier molecular flexibility index (Phi) is 2.24. The topological polar surface area (TPSA) is 55.8 Å². The summed E-state index contributed by atoms with van der Waals surface area (Å²) in [6, 6.07) is 5.68. The summed E-state index contributed by atoms with van der Waals surface area (Å²) < 4.78 is 11.1. The van der Waals surface area contributed by atoms with Crippen molar-refractivity contribution in [1.29, 1.82) is 0 Å². The number of carbonyl (C=O) groups is 1. The zero-order chi connectivity index (χ0) is 11.9. The average molecular weight is 234 g/mol. The lowest BCUT2D eigenvalue weighted by atomic mass is 9.95. The number of benzene rings is 1. The first-order valence-electron chi connectivity index (χ1n) is 5.82. The summed E-state index contributed by atoms with van der Waals surface area (Å²) >= 11 is 0. The van der Waals surface area contributed by atoms with Crippen LogP contribution in [0.25, 0.3) is 0 Å². The van der Waals surface area contributed by atoms with Gasteiger partial charge in [-0.05, 0) is 30.9 Å². The molecule has 1 aromatic rings. The summed E-state index contributed by atoms with van der Waals surface area (Å²) in [6.07, 6.45) is 2.05. The first-order chi connectivity index (χ1) is 8.21. The van der Waals surface area contributed by atoms with Crippen molar-refractivity contribution < 1.29 is 19.4 Å². The van der Waals surface area contributed by atoms with Gasteiger partial charge in [-0.1, -0.05) is 12.1 Å². The van der Waals surface area contributed by atoms with Crippen molar-refractivity contribution in [3.63, 3.8) is 0 Å². The number of hydrogen-bond acceptors (Lipinski definition) is 3. The number of hydrogen-bond donors (Lipinski definition) is 1. The highest BCUT2D eigenvalue weighted by Gasteiger charge is 2.50. The van der Waals surface area contributed by atoms with Gasteiger partial charge in [0.05, 0.1) is 5.41 Å². The normalized spacial score (nSPS) is 19.8. The molecule has 1 fully saturated rings. The fourth-order valence-electron chi connectivity index (χ4n) is 2.26. The van der Waals surface area contributed by atoms with E-state index in [-0.39, 0.29) is 0 Å². The van der Waals surface area contributed by atoms with Gasteiger partial charge >= 0.3 is 5.97 Å². The van der Waals surface area contributed by atoms with Crippen LogP contribution in [0, 0.1) is 5.41 Å². The molecular weight excluding hydrogens is 220 g/mol. The molecule has 0 unspecified atom stereocenters. The summed E-state index contributed by atoms with van der Waals surface area (Å²) in [5.74, 6) is 0.757. The molecule has 1 heterocycles. The van der Waals surface area contributed by atoms with Crippen LogP contribution < -0.4 is 9.47 Å². The SMILES string of the molecule is O=C(O)C1(Cc2cccc3c2OCCO3)CC1. The van der Waals surface area contributed by atoms with Gasteiger partial charge in [-0.25, -0.2) is 0 Å². The van der Waals surface area contributed by atoms with E-state index in [4.69, 9.17) is 9.47 Å². The quantitative estimate of drug-likeness (QED) is 0.867. The van der Waals surface area contributed by atoms with E-state index in [0.29, 0.717) is 19.6 Å². The Bertz CT molecular complexity index is 462. The molecule has 1 aliphatic carbocycles. The standard InChI is InChI=1S/C13H14O4/c14-12(15)13(4-5-13)8-9-2-1-3-10-11(9)17-7-6-16-10/h1-3H,4-8H2,(H,14,15). The molecule has 2 aliphatic rings. The molecule has 0 radical (unpaired) electrons. The monoisotopic (exact) mass is 234 g/mol. The molecule has 3 rings (SSSR count). The third kappa shape index (κ3) is 1.73. The Hall–Kier alpha value is -1.71. The maximum absolute atomic E-state index is 11.2. The lowest BCUT2D eigenvalue weighted by Gasteiger charge is -2.22. The van der Waals surface area contributed by atoms with Crippen molar-refractivity contribution in [3.8, 4) is 11.5 Å². The maximum Gasteiger partial charge on any atom is 0.309 e. The molecule has 0 spiro atoms. The van der Waals surface area contributed by atoms with Gasteiger partial charge in [0, 0.05) is 0 Å². The van der Waals surface area contributed by atoms with E-state index < -0.39 is 11.4 Å². The van der Waals surface area contributed by atoms with Crippen LogP contribution in [-0.4, -0.2) is 24.3 Å². The van der Waals surface area contributed by atoms with E-state index >= 15 is 0 Å². The van der Waals surface area contributed by atoms with Gasteiger partial charge in [0.2, 0.25) is 0 Å². The lowest BCUT2D eigenvalue weighted by molar-refractivity contribution is -0.143. The number of para-hydroxylation sites is 1. The lowest BCUT2D eigenvalue weighted by Crippen LogP contribution is -2.20. The molecule has 90 valence electrons. The van der Waals surface area contributed by atoms with E-state index in [1.807, 2.05) is 18.2 Å². The van der Waals surface area contributed by atoms with Gasteiger partial charge < -0.3 is 14.6 Å². The minimum atomic E-state index is -0.702. The Balaban J connectivity index is 1.91. The van der Waals surface area contributed by atoms with Crippen LogP contribution in [0.15, 0.2) is 18.2 Å². The van der Waals surface area contributed by atoms with E-state index in [1.54, 1.807) is 0 Å². The average Bonchev–Trinajstić information content (AvgIpc) is 3.11. The van der Waals surface area contributed by atoms with Crippen LogP contribution >= 0.6 is 0 Å². The number of aliphatic carboxylic acids is 1. The second-order valence-corrected chi connectivity index (χ2v) is 4.70. The summed E-state index contributed by atoms with van der Waals surface area (Å²) in [5, 5.41) is 9.20. The second-order valence-electron chi connectivity index (χ2n) is 4.70.